The van der Waals surface area contributed by atoms with Gasteiger partial charge in [-0.15, -0.1) is 0 Å². The molecule has 1 aromatic heterocycles. The van der Waals surface area contributed by atoms with E-state index in [1.165, 1.54) is 5.56 Å². The molecule has 106 valence electrons. The highest BCUT2D eigenvalue weighted by atomic mass is 16.5. The molecule has 5 nitrogen and oxygen atoms in total. The van der Waals surface area contributed by atoms with E-state index in [2.05, 4.69) is 39.3 Å². The normalized spacial score (nSPS) is 23.3. The fraction of sp³-hybridized carbons (Fsp3) is 0.467. The summed E-state index contributed by atoms with van der Waals surface area (Å²) in [7, 11) is 0. The molecule has 2 atom stereocenters. The summed E-state index contributed by atoms with van der Waals surface area (Å²) in [6.07, 6.45) is 0.777. The minimum atomic E-state index is 0.162. The van der Waals surface area contributed by atoms with Crippen LogP contribution >= 0.6 is 0 Å². The molecule has 0 radical (unpaired) electrons. The smallest absolute Gasteiger partial charge is 0.226 e. The summed E-state index contributed by atoms with van der Waals surface area (Å²) >= 11 is 0. The van der Waals surface area contributed by atoms with E-state index in [-0.39, 0.29) is 6.04 Å². The monoisotopic (exact) mass is 272 g/mol. The first-order valence-electron chi connectivity index (χ1n) is 7.10. The molecule has 1 aromatic carbocycles. The van der Waals surface area contributed by atoms with E-state index in [4.69, 9.17) is 10.3 Å². The molecule has 2 N–H and O–H groups in total. The number of aryl methyl sites for hydroxylation is 1. The highest BCUT2D eigenvalue weighted by molar-refractivity contribution is 5.23. The van der Waals surface area contributed by atoms with Gasteiger partial charge in [-0.2, -0.15) is 4.98 Å². The molecule has 20 heavy (non-hydrogen) atoms. The molecule has 0 spiro atoms. The van der Waals surface area contributed by atoms with Gasteiger partial charge in [0.1, 0.15) is 0 Å². The lowest BCUT2D eigenvalue weighted by Gasteiger charge is -2.14. The fourth-order valence-corrected chi connectivity index (χ4v) is 2.79. The summed E-state index contributed by atoms with van der Waals surface area (Å²) in [6, 6.07) is 10.6. The third-order valence-corrected chi connectivity index (χ3v) is 3.85. The van der Waals surface area contributed by atoms with E-state index < -0.39 is 0 Å². The van der Waals surface area contributed by atoms with Gasteiger partial charge in [0.05, 0.1) is 6.54 Å². The van der Waals surface area contributed by atoms with Crippen molar-refractivity contribution in [3.8, 4) is 0 Å². The molecule has 1 fully saturated rings. The Hall–Kier alpha value is -1.72. The van der Waals surface area contributed by atoms with E-state index in [0.29, 0.717) is 18.4 Å². The lowest BCUT2D eigenvalue weighted by atomic mass is 9.95. The molecule has 1 saturated heterocycles. The maximum atomic E-state index is 6.28. The predicted molar refractivity (Wildman–Crippen MR) is 76.1 cm³/mol. The zero-order valence-corrected chi connectivity index (χ0v) is 11.7. The van der Waals surface area contributed by atoms with Crippen LogP contribution in [0.15, 0.2) is 34.9 Å². The molecule has 0 aliphatic carbocycles. The average molecular weight is 272 g/mol. The number of aromatic nitrogens is 2. The van der Waals surface area contributed by atoms with Gasteiger partial charge in [0.2, 0.25) is 5.89 Å². The van der Waals surface area contributed by atoms with Crippen LogP contribution in [0.3, 0.4) is 0 Å². The third-order valence-electron chi connectivity index (χ3n) is 3.85. The van der Waals surface area contributed by atoms with Crippen molar-refractivity contribution in [2.75, 3.05) is 13.1 Å². The standard InChI is InChI=1S/C15H20N4O/c1-2-15-17-14(18-20-15)10-19-8-12(13(16)9-19)11-6-4-3-5-7-11/h3-7,12-13H,2,8-10,16H2,1H3/t12-,13+/m0/s1. The van der Waals surface area contributed by atoms with Crippen LogP contribution in [0.1, 0.15) is 30.1 Å². The Morgan fingerprint density at radius 2 is 2.10 bits per heavy atom. The van der Waals surface area contributed by atoms with Crippen molar-refractivity contribution < 1.29 is 4.52 Å². The lowest BCUT2D eigenvalue weighted by molar-refractivity contribution is 0.304. The Bertz CT molecular complexity index is 554. The van der Waals surface area contributed by atoms with E-state index in [1.807, 2.05) is 13.0 Å². The molecule has 0 saturated carbocycles. The van der Waals surface area contributed by atoms with Crippen molar-refractivity contribution in [1.29, 1.82) is 0 Å². The Morgan fingerprint density at radius 1 is 1.30 bits per heavy atom. The van der Waals surface area contributed by atoms with Gasteiger partial charge in [-0.25, -0.2) is 0 Å². The van der Waals surface area contributed by atoms with Gasteiger partial charge >= 0.3 is 0 Å². The number of hydrogen-bond donors (Lipinski definition) is 1. The van der Waals surface area contributed by atoms with Gasteiger partial charge in [-0.1, -0.05) is 42.4 Å². The van der Waals surface area contributed by atoms with E-state index in [9.17, 15) is 0 Å². The molecule has 1 aliphatic heterocycles. The van der Waals surface area contributed by atoms with Gasteiger partial charge in [-0.3, -0.25) is 4.90 Å². The highest BCUT2D eigenvalue weighted by Crippen LogP contribution is 2.26. The quantitative estimate of drug-likeness (QED) is 0.914. The molecular weight excluding hydrogens is 252 g/mol. The Kier molecular flexibility index (Phi) is 3.80. The van der Waals surface area contributed by atoms with Crippen LogP contribution < -0.4 is 5.73 Å². The number of benzene rings is 1. The molecule has 2 aromatic rings. The molecule has 3 rings (SSSR count). The highest BCUT2D eigenvalue weighted by Gasteiger charge is 2.31. The predicted octanol–water partition coefficient (Wildman–Crippen LogP) is 1.56. The molecular formula is C15H20N4O. The first-order valence-corrected chi connectivity index (χ1v) is 7.10. The average Bonchev–Trinajstić information content (AvgIpc) is 3.07. The second-order valence-electron chi connectivity index (χ2n) is 5.33. The van der Waals surface area contributed by atoms with E-state index in [1.54, 1.807) is 0 Å². The molecule has 2 heterocycles. The fourth-order valence-electron chi connectivity index (χ4n) is 2.79. The van der Waals surface area contributed by atoms with Crippen LogP contribution in [0.25, 0.3) is 0 Å². The van der Waals surface area contributed by atoms with E-state index >= 15 is 0 Å². The second kappa shape index (κ2) is 5.73. The summed E-state index contributed by atoms with van der Waals surface area (Å²) in [6.45, 7) is 4.53. The van der Waals surface area contributed by atoms with Gasteiger partial charge in [0.15, 0.2) is 5.82 Å². The number of likely N-dealkylation sites (tertiary alicyclic amines) is 1. The number of hydrogen-bond acceptors (Lipinski definition) is 5. The van der Waals surface area contributed by atoms with Crippen LogP contribution in [-0.4, -0.2) is 34.2 Å². The van der Waals surface area contributed by atoms with Crippen molar-refractivity contribution in [2.24, 2.45) is 5.73 Å². The maximum Gasteiger partial charge on any atom is 0.226 e. The van der Waals surface area contributed by atoms with Crippen LogP contribution in [0, 0.1) is 0 Å². The second-order valence-corrected chi connectivity index (χ2v) is 5.33. The van der Waals surface area contributed by atoms with Crippen molar-refractivity contribution in [2.45, 2.75) is 31.8 Å². The largest absolute Gasteiger partial charge is 0.339 e. The van der Waals surface area contributed by atoms with Gasteiger partial charge in [-0.05, 0) is 5.56 Å². The number of nitrogens with two attached hydrogens (primary N) is 1. The first-order chi connectivity index (χ1) is 9.76. The molecule has 0 bridgehead atoms. The van der Waals surface area contributed by atoms with Gasteiger partial charge < -0.3 is 10.3 Å². The first kappa shape index (κ1) is 13.3. The Morgan fingerprint density at radius 3 is 2.80 bits per heavy atom. The SMILES string of the molecule is CCc1nc(CN2C[C@@H](N)[C@H](c3ccccc3)C2)no1. The Balaban J connectivity index is 1.66. The zero-order valence-electron chi connectivity index (χ0n) is 11.7. The number of nitrogens with zero attached hydrogens (tertiary/aromatic N) is 3. The van der Waals surface area contributed by atoms with Crippen molar-refractivity contribution in [3.63, 3.8) is 0 Å². The maximum absolute atomic E-state index is 6.28. The van der Waals surface area contributed by atoms with Crippen molar-refractivity contribution in [1.82, 2.24) is 15.0 Å². The summed E-state index contributed by atoms with van der Waals surface area (Å²) in [5.74, 6) is 1.83. The minimum Gasteiger partial charge on any atom is -0.339 e. The van der Waals surface area contributed by atoms with Gasteiger partial charge in [0.25, 0.3) is 0 Å². The lowest BCUT2D eigenvalue weighted by Crippen LogP contribution is -2.28. The van der Waals surface area contributed by atoms with Crippen molar-refractivity contribution >= 4 is 0 Å². The van der Waals surface area contributed by atoms with Crippen molar-refractivity contribution in [3.05, 3.63) is 47.6 Å². The van der Waals surface area contributed by atoms with Crippen LogP contribution in [0.4, 0.5) is 0 Å². The Labute approximate surface area is 118 Å². The minimum absolute atomic E-state index is 0.162. The third kappa shape index (κ3) is 2.73. The zero-order chi connectivity index (χ0) is 13.9. The van der Waals surface area contributed by atoms with Crippen LogP contribution in [0.5, 0.6) is 0 Å². The summed E-state index contributed by atoms with van der Waals surface area (Å²) in [5.41, 5.74) is 7.59. The van der Waals surface area contributed by atoms with Crippen LogP contribution in [0.2, 0.25) is 0 Å². The van der Waals surface area contributed by atoms with Crippen LogP contribution in [-0.2, 0) is 13.0 Å². The molecule has 1 aliphatic rings. The summed E-state index contributed by atoms with van der Waals surface area (Å²) in [5, 5.41) is 4.00. The molecule has 0 amide bonds. The van der Waals surface area contributed by atoms with Gasteiger partial charge in [0, 0.05) is 31.5 Å². The topological polar surface area (TPSA) is 68.2 Å². The summed E-state index contributed by atoms with van der Waals surface area (Å²) in [4.78, 5) is 6.65. The van der Waals surface area contributed by atoms with E-state index in [0.717, 1.165) is 25.3 Å². The number of rotatable bonds is 4. The molecule has 5 heteroatoms. The molecule has 0 unspecified atom stereocenters. The summed E-state index contributed by atoms with van der Waals surface area (Å²) < 4.78 is 5.14.